The van der Waals surface area contributed by atoms with E-state index in [9.17, 15) is 4.79 Å². The fourth-order valence-corrected chi connectivity index (χ4v) is 2.10. The lowest BCUT2D eigenvalue weighted by molar-refractivity contribution is -0.107. The third kappa shape index (κ3) is 14.0. The summed E-state index contributed by atoms with van der Waals surface area (Å²) < 4.78 is 0. The third-order valence-corrected chi connectivity index (χ3v) is 3.22. The predicted octanol–water partition coefficient (Wildman–Crippen LogP) is 5.11. The lowest BCUT2D eigenvalue weighted by Gasteiger charge is -2.01. The minimum atomic E-state index is 0.751. The molecule has 16 heavy (non-hydrogen) atoms. The molecule has 0 aliphatic carbocycles. The van der Waals surface area contributed by atoms with E-state index in [-0.39, 0.29) is 0 Å². The molecule has 0 spiro atoms. The number of hydrogen-bond donors (Lipinski definition) is 0. The van der Waals surface area contributed by atoms with Gasteiger partial charge in [0.1, 0.15) is 6.29 Å². The number of hydrogen-bond acceptors (Lipinski definition) is 1. The fourth-order valence-electron chi connectivity index (χ4n) is 1.91. The molecular weight excluding hydrogens is 220 g/mol. The Bertz CT molecular complexity index is 137. The van der Waals surface area contributed by atoms with Gasteiger partial charge in [-0.15, -0.1) is 11.6 Å². The molecule has 96 valence electrons. The Kier molecular flexibility index (Phi) is 14.9. The first-order chi connectivity index (χ1) is 7.91. The number of carbonyl (C=O) groups excluding carboxylic acids is 1. The Labute approximate surface area is 106 Å². The van der Waals surface area contributed by atoms with Gasteiger partial charge in [-0.2, -0.15) is 0 Å². The van der Waals surface area contributed by atoms with Crippen LogP contribution < -0.4 is 0 Å². The van der Waals surface area contributed by atoms with Gasteiger partial charge in [-0.3, -0.25) is 0 Å². The molecule has 0 aromatic heterocycles. The van der Waals surface area contributed by atoms with Crippen molar-refractivity contribution in [2.24, 2.45) is 0 Å². The molecule has 0 saturated carbocycles. The van der Waals surface area contributed by atoms with E-state index in [1.807, 2.05) is 0 Å². The van der Waals surface area contributed by atoms with Crippen molar-refractivity contribution in [3.8, 4) is 0 Å². The van der Waals surface area contributed by atoms with Crippen LogP contribution in [0, 0.1) is 0 Å². The van der Waals surface area contributed by atoms with Crippen molar-refractivity contribution in [3.63, 3.8) is 0 Å². The molecule has 0 unspecified atom stereocenters. The van der Waals surface area contributed by atoms with Gasteiger partial charge in [0.15, 0.2) is 0 Å². The molecule has 0 rings (SSSR count). The van der Waals surface area contributed by atoms with Gasteiger partial charge in [-0.05, 0) is 12.8 Å². The SMILES string of the molecule is O=CCCCCCCCCCCCCCCl. The van der Waals surface area contributed by atoms with Gasteiger partial charge in [0, 0.05) is 12.3 Å². The zero-order chi connectivity index (χ0) is 11.9. The van der Waals surface area contributed by atoms with Gasteiger partial charge in [-0.25, -0.2) is 0 Å². The molecule has 2 heteroatoms. The molecule has 0 aromatic rings. The first kappa shape index (κ1) is 16.0. The van der Waals surface area contributed by atoms with E-state index in [1.54, 1.807) is 0 Å². The lowest BCUT2D eigenvalue weighted by Crippen LogP contribution is -1.83. The van der Waals surface area contributed by atoms with Crippen LogP contribution in [0.1, 0.15) is 77.0 Å². The molecule has 0 atom stereocenters. The van der Waals surface area contributed by atoms with E-state index in [2.05, 4.69) is 0 Å². The third-order valence-electron chi connectivity index (χ3n) is 2.96. The van der Waals surface area contributed by atoms with E-state index >= 15 is 0 Å². The van der Waals surface area contributed by atoms with Gasteiger partial charge >= 0.3 is 0 Å². The average Bonchev–Trinajstić information content (AvgIpc) is 2.31. The molecule has 0 radical (unpaired) electrons. The molecule has 0 aromatic carbocycles. The Morgan fingerprint density at radius 1 is 0.625 bits per heavy atom. The van der Waals surface area contributed by atoms with Crippen molar-refractivity contribution in [1.82, 2.24) is 0 Å². The summed E-state index contributed by atoms with van der Waals surface area (Å²) in [6.45, 7) is 0. The molecule has 0 fully saturated rings. The summed E-state index contributed by atoms with van der Waals surface area (Å²) in [5.41, 5.74) is 0. The van der Waals surface area contributed by atoms with E-state index in [1.165, 1.54) is 64.2 Å². The summed E-state index contributed by atoms with van der Waals surface area (Å²) >= 11 is 5.61. The van der Waals surface area contributed by atoms with E-state index in [0.717, 1.165) is 25.0 Å². The Morgan fingerprint density at radius 2 is 1.00 bits per heavy atom. The van der Waals surface area contributed by atoms with Crippen LogP contribution in [-0.4, -0.2) is 12.2 Å². The topological polar surface area (TPSA) is 17.1 Å². The van der Waals surface area contributed by atoms with Crippen LogP contribution in [0.5, 0.6) is 0 Å². The molecule has 0 heterocycles. The zero-order valence-corrected chi connectivity index (χ0v) is 11.3. The summed E-state index contributed by atoms with van der Waals surface area (Å²) in [5.74, 6) is 0.820. The van der Waals surface area contributed by atoms with Gasteiger partial charge in [0.2, 0.25) is 0 Å². The smallest absolute Gasteiger partial charge is 0.119 e. The summed E-state index contributed by atoms with van der Waals surface area (Å²) in [4.78, 5) is 10.1. The normalized spacial score (nSPS) is 10.6. The van der Waals surface area contributed by atoms with Crippen LogP contribution in [0.3, 0.4) is 0 Å². The lowest BCUT2D eigenvalue weighted by atomic mass is 10.1. The second kappa shape index (κ2) is 15.0. The number of halogens is 1. The summed E-state index contributed by atoms with van der Waals surface area (Å²) in [5, 5.41) is 0. The molecule has 0 bridgehead atoms. The van der Waals surface area contributed by atoms with Crippen molar-refractivity contribution in [2.45, 2.75) is 77.0 Å². The molecule has 1 nitrogen and oxygen atoms in total. The molecular formula is C14H27ClO. The molecule has 0 aliphatic heterocycles. The Morgan fingerprint density at radius 3 is 1.38 bits per heavy atom. The van der Waals surface area contributed by atoms with E-state index in [0.29, 0.717) is 0 Å². The van der Waals surface area contributed by atoms with Crippen LogP contribution in [0.25, 0.3) is 0 Å². The summed E-state index contributed by atoms with van der Waals surface area (Å²) in [7, 11) is 0. The summed E-state index contributed by atoms with van der Waals surface area (Å²) in [6.07, 6.45) is 16.1. The monoisotopic (exact) mass is 246 g/mol. The number of carbonyl (C=O) groups is 1. The van der Waals surface area contributed by atoms with Gasteiger partial charge in [0.05, 0.1) is 0 Å². The van der Waals surface area contributed by atoms with Crippen LogP contribution in [0.2, 0.25) is 0 Å². The van der Waals surface area contributed by atoms with Gasteiger partial charge < -0.3 is 4.79 Å². The first-order valence-corrected chi connectivity index (χ1v) is 7.45. The highest BCUT2D eigenvalue weighted by Gasteiger charge is 1.93. The minimum absolute atomic E-state index is 0.751. The number of unbranched alkanes of at least 4 members (excludes halogenated alkanes) is 11. The van der Waals surface area contributed by atoms with Crippen molar-refractivity contribution >= 4 is 17.9 Å². The second-order valence-electron chi connectivity index (χ2n) is 4.53. The molecule has 0 aliphatic rings. The first-order valence-electron chi connectivity index (χ1n) is 6.91. The standard InChI is InChI=1S/C14H27ClO/c15-13-11-9-7-5-3-1-2-4-6-8-10-12-14-16/h14H,1-13H2. The molecule has 0 amide bonds. The van der Waals surface area contributed by atoms with Crippen LogP contribution in [0.4, 0.5) is 0 Å². The highest BCUT2D eigenvalue weighted by Crippen LogP contribution is 2.11. The van der Waals surface area contributed by atoms with Crippen molar-refractivity contribution in [1.29, 1.82) is 0 Å². The van der Waals surface area contributed by atoms with Crippen LogP contribution in [0.15, 0.2) is 0 Å². The number of alkyl halides is 1. The van der Waals surface area contributed by atoms with Crippen molar-refractivity contribution in [3.05, 3.63) is 0 Å². The van der Waals surface area contributed by atoms with Crippen LogP contribution >= 0.6 is 11.6 Å². The van der Waals surface area contributed by atoms with Gasteiger partial charge in [0.25, 0.3) is 0 Å². The Hall–Kier alpha value is -0.0400. The van der Waals surface area contributed by atoms with Crippen LogP contribution in [-0.2, 0) is 4.79 Å². The quantitative estimate of drug-likeness (QED) is 0.251. The maximum absolute atomic E-state index is 10.1. The summed E-state index contributed by atoms with van der Waals surface area (Å²) in [6, 6.07) is 0. The maximum Gasteiger partial charge on any atom is 0.119 e. The van der Waals surface area contributed by atoms with E-state index in [4.69, 9.17) is 11.6 Å². The zero-order valence-electron chi connectivity index (χ0n) is 10.6. The maximum atomic E-state index is 10.1. The average molecular weight is 247 g/mol. The van der Waals surface area contributed by atoms with Crippen molar-refractivity contribution in [2.75, 3.05) is 5.88 Å². The number of rotatable bonds is 13. The second-order valence-corrected chi connectivity index (χ2v) is 4.91. The highest BCUT2D eigenvalue weighted by molar-refractivity contribution is 6.17. The van der Waals surface area contributed by atoms with Gasteiger partial charge in [-0.1, -0.05) is 57.8 Å². The largest absolute Gasteiger partial charge is 0.303 e. The van der Waals surface area contributed by atoms with E-state index < -0.39 is 0 Å². The molecule has 0 N–H and O–H groups in total. The highest BCUT2D eigenvalue weighted by atomic mass is 35.5. The van der Waals surface area contributed by atoms with Crippen molar-refractivity contribution < 1.29 is 4.79 Å². The molecule has 0 saturated heterocycles. The predicted molar refractivity (Wildman–Crippen MR) is 72.2 cm³/mol. The number of aldehydes is 1. The fraction of sp³-hybridized carbons (Fsp3) is 0.929. The Balaban J connectivity index is 2.85. The minimum Gasteiger partial charge on any atom is -0.303 e.